The van der Waals surface area contributed by atoms with Crippen molar-refractivity contribution in [3.8, 4) is 11.3 Å². The van der Waals surface area contributed by atoms with Crippen molar-refractivity contribution in [2.24, 2.45) is 0 Å². The summed E-state index contributed by atoms with van der Waals surface area (Å²) in [4.78, 5) is 4.15. The van der Waals surface area contributed by atoms with Crippen molar-refractivity contribution in [1.82, 2.24) is 14.6 Å². The van der Waals surface area contributed by atoms with Crippen molar-refractivity contribution in [3.05, 3.63) is 47.7 Å². The Morgan fingerprint density at radius 3 is 2.67 bits per heavy atom. The van der Waals surface area contributed by atoms with Gasteiger partial charge in [-0.3, -0.25) is 0 Å². The molecule has 0 saturated carbocycles. The largest absolute Gasteiger partial charge is 0.416 e. The average Bonchev–Trinajstić information content (AvgIpc) is 2.79. The monoisotopic (exact) mass is 292 g/mol. The molecule has 0 fully saturated rings. The lowest BCUT2D eigenvalue weighted by Gasteiger charge is -2.10. The number of nitrogens with two attached hydrogens (primary N) is 1. The number of aryl methyl sites for hydroxylation is 1. The summed E-state index contributed by atoms with van der Waals surface area (Å²) in [5.41, 5.74) is 7.21. The minimum absolute atomic E-state index is 0.235. The van der Waals surface area contributed by atoms with Gasteiger partial charge in [0.15, 0.2) is 5.65 Å². The fraction of sp³-hybridized carbons (Fsp3) is 0.143. The summed E-state index contributed by atoms with van der Waals surface area (Å²) in [7, 11) is 0. The zero-order chi connectivity index (χ0) is 15.2. The first-order chi connectivity index (χ1) is 9.86. The van der Waals surface area contributed by atoms with Crippen LogP contribution in [-0.4, -0.2) is 14.6 Å². The van der Waals surface area contributed by atoms with Gasteiger partial charge in [0.2, 0.25) is 0 Å². The second kappa shape index (κ2) is 4.47. The van der Waals surface area contributed by atoms with Gasteiger partial charge in [-0.15, -0.1) is 0 Å². The quantitative estimate of drug-likeness (QED) is 0.748. The highest BCUT2D eigenvalue weighted by atomic mass is 19.4. The highest BCUT2D eigenvalue weighted by Gasteiger charge is 2.30. The maximum atomic E-state index is 12.8. The molecule has 2 N–H and O–H groups in total. The fourth-order valence-electron chi connectivity index (χ4n) is 2.15. The number of nitrogen functional groups attached to an aromatic ring is 1. The molecule has 0 amide bonds. The van der Waals surface area contributed by atoms with Crippen LogP contribution >= 0.6 is 0 Å². The smallest absolute Gasteiger partial charge is 0.384 e. The van der Waals surface area contributed by atoms with E-state index in [9.17, 15) is 13.2 Å². The van der Waals surface area contributed by atoms with Gasteiger partial charge in [0.05, 0.1) is 17.5 Å². The average molecular weight is 292 g/mol. The summed E-state index contributed by atoms with van der Waals surface area (Å²) >= 11 is 0. The Kier molecular flexibility index (Phi) is 2.86. The Hall–Kier alpha value is -2.57. The van der Waals surface area contributed by atoms with E-state index >= 15 is 0 Å². The van der Waals surface area contributed by atoms with Crippen LogP contribution in [0.2, 0.25) is 0 Å². The zero-order valence-electron chi connectivity index (χ0n) is 11.0. The van der Waals surface area contributed by atoms with Crippen molar-refractivity contribution >= 4 is 11.5 Å². The Balaban J connectivity index is 2.26. The molecule has 2 heterocycles. The van der Waals surface area contributed by atoms with Gasteiger partial charge in [-0.2, -0.15) is 18.3 Å². The summed E-state index contributed by atoms with van der Waals surface area (Å²) in [5, 5.41) is 4.14. The molecule has 1 aromatic carbocycles. The number of rotatable bonds is 1. The third-order valence-corrected chi connectivity index (χ3v) is 3.15. The molecule has 0 aliphatic heterocycles. The third kappa shape index (κ3) is 2.31. The van der Waals surface area contributed by atoms with E-state index in [0.29, 0.717) is 16.9 Å². The number of benzene rings is 1. The van der Waals surface area contributed by atoms with Crippen LogP contribution in [0.3, 0.4) is 0 Å². The van der Waals surface area contributed by atoms with Crippen LogP contribution in [-0.2, 0) is 6.18 Å². The van der Waals surface area contributed by atoms with Crippen LogP contribution in [0.15, 0.2) is 36.5 Å². The highest BCUT2D eigenvalue weighted by molar-refractivity contribution is 5.68. The lowest BCUT2D eigenvalue weighted by atomic mass is 10.1. The van der Waals surface area contributed by atoms with Gasteiger partial charge in [0.1, 0.15) is 5.82 Å². The number of anilines is 1. The molecular weight excluding hydrogens is 281 g/mol. The molecule has 108 valence electrons. The van der Waals surface area contributed by atoms with Crippen molar-refractivity contribution in [1.29, 1.82) is 0 Å². The van der Waals surface area contributed by atoms with E-state index in [1.165, 1.54) is 16.6 Å². The number of fused-ring (bicyclic) bond motifs is 1. The summed E-state index contributed by atoms with van der Waals surface area (Å²) in [6.45, 7) is 1.81. The molecule has 0 aliphatic rings. The molecule has 0 radical (unpaired) electrons. The van der Waals surface area contributed by atoms with E-state index in [4.69, 9.17) is 5.73 Å². The molecule has 2 aromatic heterocycles. The van der Waals surface area contributed by atoms with E-state index in [-0.39, 0.29) is 5.82 Å². The van der Waals surface area contributed by atoms with Crippen LogP contribution in [0.1, 0.15) is 11.1 Å². The molecule has 21 heavy (non-hydrogen) atoms. The minimum Gasteiger partial charge on any atom is -0.384 e. The Morgan fingerprint density at radius 2 is 1.95 bits per heavy atom. The Labute approximate surface area is 118 Å². The van der Waals surface area contributed by atoms with Crippen molar-refractivity contribution < 1.29 is 13.2 Å². The first-order valence-electron chi connectivity index (χ1n) is 6.15. The summed E-state index contributed by atoms with van der Waals surface area (Å²) in [6, 6.07) is 6.55. The lowest BCUT2D eigenvalue weighted by molar-refractivity contribution is -0.137. The maximum Gasteiger partial charge on any atom is 0.416 e. The fourth-order valence-corrected chi connectivity index (χ4v) is 2.15. The molecule has 0 atom stereocenters. The second-order valence-electron chi connectivity index (χ2n) is 4.71. The number of hydrogen-bond donors (Lipinski definition) is 1. The first-order valence-corrected chi connectivity index (χ1v) is 6.15. The zero-order valence-corrected chi connectivity index (χ0v) is 11.0. The molecule has 0 saturated heterocycles. The van der Waals surface area contributed by atoms with E-state index < -0.39 is 11.7 Å². The van der Waals surface area contributed by atoms with E-state index in [0.717, 1.165) is 17.7 Å². The molecule has 7 heteroatoms. The molecule has 4 nitrogen and oxygen atoms in total. The molecule has 0 spiro atoms. The molecule has 3 rings (SSSR count). The molecule has 0 unspecified atom stereocenters. The van der Waals surface area contributed by atoms with Gasteiger partial charge in [-0.25, -0.2) is 9.50 Å². The van der Waals surface area contributed by atoms with Crippen LogP contribution < -0.4 is 5.73 Å². The van der Waals surface area contributed by atoms with Gasteiger partial charge in [-0.1, -0.05) is 12.1 Å². The molecule has 3 aromatic rings. The predicted octanol–water partition coefficient (Wildman–Crippen LogP) is 3.31. The van der Waals surface area contributed by atoms with E-state index in [2.05, 4.69) is 10.1 Å². The first kappa shape index (κ1) is 13.4. The molecule has 0 bridgehead atoms. The molecule has 0 aliphatic carbocycles. The lowest BCUT2D eigenvalue weighted by Crippen LogP contribution is -2.05. The van der Waals surface area contributed by atoms with Gasteiger partial charge in [-0.05, 0) is 19.1 Å². The number of halogens is 3. The normalized spacial score (nSPS) is 12.0. The van der Waals surface area contributed by atoms with Gasteiger partial charge in [0.25, 0.3) is 0 Å². The number of hydrogen-bond acceptors (Lipinski definition) is 3. The highest BCUT2D eigenvalue weighted by Crippen LogP contribution is 2.32. The van der Waals surface area contributed by atoms with Crippen LogP contribution in [0.25, 0.3) is 16.9 Å². The van der Waals surface area contributed by atoms with Crippen molar-refractivity contribution in [2.45, 2.75) is 13.1 Å². The Morgan fingerprint density at radius 1 is 1.19 bits per heavy atom. The van der Waals surface area contributed by atoms with E-state index in [1.54, 1.807) is 12.3 Å². The van der Waals surface area contributed by atoms with E-state index in [1.807, 2.05) is 6.92 Å². The maximum absolute atomic E-state index is 12.8. The standard InChI is InChI=1S/C14H11F3N4/c1-8-7-19-21-11(6-12(18)20-13(8)21)9-3-2-4-10(5-9)14(15,16)17/h2-7H,1H3,(H2,18,20). The SMILES string of the molecule is Cc1cnn2c(-c3cccc(C(F)(F)F)c3)cc(N)nc12. The summed E-state index contributed by atoms with van der Waals surface area (Å²) < 4.78 is 40.0. The van der Waals surface area contributed by atoms with Crippen molar-refractivity contribution in [2.75, 3.05) is 5.73 Å². The summed E-state index contributed by atoms with van der Waals surface area (Å²) in [5.74, 6) is 0.235. The minimum atomic E-state index is -4.40. The topological polar surface area (TPSA) is 56.2 Å². The number of aromatic nitrogens is 3. The van der Waals surface area contributed by atoms with Gasteiger partial charge < -0.3 is 5.73 Å². The van der Waals surface area contributed by atoms with Gasteiger partial charge in [0, 0.05) is 17.2 Å². The summed E-state index contributed by atoms with van der Waals surface area (Å²) in [6.07, 6.45) is -2.80. The van der Waals surface area contributed by atoms with Crippen molar-refractivity contribution in [3.63, 3.8) is 0 Å². The Bertz CT molecular complexity index is 821. The van der Waals surface area contributed by atoms with Gasteiger partial charge >= 0.3 is 6.18 Å². The second-order valence-corrected chi connectivity index (χ2v) is 4.71. The number of nitrogens with zero attached hydrogens (tertiary/aromatic N) is 3. The third-order valence-electron chi connectivity index (χ3n) is 3.15. The number of alkyl halides is 3. The molecular formula is C14H11F3N4. The van der Waals surface area contributed by atoms with Crippen LogP contribution in [0.4, 0.5) is 19.0 Å². The van der Waals surface area contributed by atoms with Crippen LogP contribution in [0, 0.1) is 6.92 Å². The predicted molar refractivity (Wildman–Crippen MR) is 72.6 cm³/mol. The van der Waals surface area contributed by atoms with Crippen LogP contribution in [0.5, 0.6) is 0 Å².